The van der Waals surface area contributed by atoms with E-state index in [1.54, 1.807) is 0 Å². The summed E-state index contributed by atoms with van der Waals surface area (Å²) in [4.78, 5) is 15.0. The van der Waals surface area contributed by atoms with Crippen molar-refractivity contribution < 1.29 is 4.42 Å². The molecule has 48 heavy (non-hydrogen) atoms. The molecule has 0 unspecified atom stereocenters. The Bertz CT molecular complexity index is 2780. The molecule has 7 aromatic carbocycles. The van der Waals surface area contributed by atoms with Crippen LogP contribution in [0.4, 0.5) is 0 Å². The van der Waals surface area contributed by atoms with Gasteiger partial charge in [-0.25, -0.2) is 15.0 Å². The first-order valence-corrected chi connectivity index (χ1v) is 16.0. The molecule has 3 heterocycles. The fourth-order valence-electron chi connectivity index (χ4n) is 7.05. The third-order valence-electron chi connectivity index (χ3n) is 9.25. The summed E-state index contributed by atoms with van der Waals surface area (Å²) in [5, 5.41) is 6.81. The number of hydrogen-bond acceptors (Lipinski definition) is 4. The average molecular weight is 615 g/mol. The van der Waals surface area contributed by atoms with Crippen molar-refractivity contribution in [1.82, 2.24) is 19.5 Å². The number of furan rings is 1. The molecule has 0 aliphatic carbocycles. The zero-order valence-corrected chi connectivity index (χ0v) is 25.7. The van der Waals surface area contributed by atoms with Crippen LogP contribution in [0.15, 0.2) is 162 Å². The summed E-state index contributed by atoms with van der Waals surface area (Å²) in [6, 6.07) is 54.4. The lowest BCUT2D eigenvalue weighted by Gasteiger charge is -2.15. The lowest BCUT2D eigenvalue weighted by atomic mass is 10.0. The van der Waals surface area contributed by atoms with Crippen molar-refractivity contribution in [2.75, 3.05) is 0 Å². The first-order valence-electron chi connectivity index (χ1n) is 16.0. The molecule has 0 saturated carbocycles. The summed E-state index contributed by atoms with van der Waals surface area (Å²) in [5.41, 5.74) is 7.93. The zero-order chi connectivity index (χ0) is 31.6. The van der Waals surface area contributed by atoms with Crippen LogP contribution >= 0.6 is 0 Å². The largest absolute Gasteiger partial charge is 0.456 e. The van der Waals surface area contributed by atoms with E-state index in [0.29, 0.717) is 17.5 Å². The smallest absolute Gasteiger partial charge is 0.164 e. The van der Waals surface area contributed by atoms with Crippen LogP contribution in [0.2, 0.25) is 0 Å². The standard InChI is InChI=1S/C43H26N4O/c1-3-13-27(14-4-1)41-44-42(28-15-5-2-6-16-28)46-43(45-41)33-23-24-37(30-18-8-7-17-29(30)33)47-36-21-11-9-19-31(36)34-25-35-32-20-10-12-22-39(32)48-40(35)26-38(34)47/h1-26H. The van der Waals surface area contributed by atoms with Crippen molar-refractivity contribution in [3.8, 4) is 39.9 Å². The van der Waals surface area contributed by atoms with Crippen LogP contribution in [-0.2, 0) is 0 Å². The number of fused-ring (bicyclic) bond motifs is 7. The highest BCUT2D eigenvalue weighted by atomic mass is 16.3. The molecular weight excluding hydrogens is 589 g/mol. The van der Waals surface area contributed by atoms with Crippen LogP contribution in [0.5, 0.6) is 0 Å². The van der Waals surface area contributed by atoms with Gasteiger partial charge in [0.05, 0.1) is 16.7 Å². The maximum absolute atomic E-state index is 6.37. The second kappa shape index (κ2) is 10.5. The van der Waals surface area contributed by atoms with E-state index in [4.69, 9.17) is 19.4 Å². The summed E-state index contributed by atoms with van der Waals surface area (Å²) < 4.78 is 8.73. The molecular formula is C43H26N4O. The SMILES string of the molecule is c1ccc(-c2nc(-c3ccccc3)nc(-c3ccc(-n4c5ccccc5c5cc6c(cc54)oc4ccccc46)c4ccccc34)n2)cc1. The monoisotopic (exact) mass is 614 g/mol. The first kappa shape index (κ1) is 26.6. The maximum Gasteiger partial charge on any atom is 0.164 e. The molecule has 10 rings (SSSR count). The summed E-state index contributed by atoms with van der Waals surface area (Å²) in [6.45, 7) is 0. The Hall–Kier alpha value is -6.59. The predicted molar refractivity (Wildman–Crippen MR) is 195 cm³/mol. The van der Waals surface area contributed by atoms with E-state index in [0.717, 1.165) is 66.1 Å². The van der Waals surface area contributed by atoms with Crippen molar-refractivity contribution in [2.45, 2.75) is 0 Å². The third kappa shape index (κ3) is 4.08. The van der Waals surface area contributed by atoms with Gasteiger partial charge in [-0.1, -0.05) is 121 Å². The minimum absolute atomic E-state index is 0.636. The maximum atomic E-state index is 6.37. The van der Waals surface area contributed by atoms with E-state index in [1.807, 2.05) is 72.8 Å². The Morgan fingerprint density at radius 1 is 0.375 bits per heavy atom. The second-order valence-electron chi connectivity index (χ2n) is 12.0. The number of aromatic nitrogens is 4. The third-order valence-corrected chi connectivity index (χ3v) is 9.25. The molecule has 0 N–H and O–H groups in total. The normalized spacial score (nSPS) is 11.8. The Labute approximate surface area is 275 Å². The minimum Gasteiger partial charge on any atom is -0.456 e. The van der Waals surface area contributed by atoms with Crippen LogP contribution in [0, 0.1) is 0 Å². The summed E-state index contributed by atoms with van der Waals surface area (Å²) >= 11 is 0. The second-order valence-corrected chi connectivity index (χ2v) is 12.0. The molecule has 0 amide bonds. The van der Waals surface area contributed by atoms with Crippen molar-refractivity contribution in [3.05, 3.63) is 158 Å². The molecule has 5 nitrogen and oxygen atoms in total. The van der Waals surface area contributed by atoms with Crippen molar-refractivity contribution in [3.63, 3.8) is 0 Å². The van der Waals surface area contributed by atoms with Gasteiger partial charge in [0.1, 0.15) is 11.2 Å². The highest BCUT2D eigenvalue weighted by molar-refractivity contribution is 6.18. The van der Waals surface area contributed by atoms with Gasteiger partial charge in [-0.15, -0.1) is 0 Å². The van der Waals surface area contributed by atoms with Gasteiger partial charge in [-0.3, -0.25) is 0 Å². The van der Waals surface area contributed by atoms with Crippen LogP contribution in [0.25, 0.3) is 94.4 Å². The molecule has 0 aliphatic heterocycles. The van der Waals surface area contributed by atoms with Crippen molar-refractivity contribution in [1.29, 1.82) is 0 Å². The van der Waals surface area contributed by atoms with Crippen LogP contribution in [-0.4, -0.2) is 19.5 Å². The van der Waals surface area contributed by atoms with Crippen LogP contribution in [0.1, 0.15) is 0 Å². The molecule has 0 radical (unpaired) electrons. The highest BCUT2D eigenvalue weighted by Gasteiger charge is 2.20. The van der Waals surface area contributed by atoms with Crippen molar-refractivity contribution in [2.24, 2.45) is 0 Å². The molecule has 3 aromatic heterocycles. The quantitative estimate of drug-likeness (QED) is 0.198. The predicted octanol–water partition coefficient (Wildman–Crippen LogP) is 11.0. The van der Waals surface area contributed by atoms with Gasteiger partial charge in [0, 0.05) is 49.7 Å². The average Bonchev–Trinajstić information content (AvgIpc) is 3.68. The van der Waals surface area contributed by atoms with Gasteiger partial charge < -0.3 is 8.98 Å². The number of benzene rings is 7. The number of hydrogen-bond donors (Lipinski definition) is 0. The summed E-state index contributed by atoms with van der Waals surface area (Å²) in [6.07, 6.45) is 0. The molecule has 0 saturated heterocycles. The van der Waals surface area contributed by atoms with E-state index in [9.17, 15) is 0 Å². The Morgan fingerprint density at radius 2 is 0.958 bits per heavy atom. The molecule has 0 atom stereocenters. The van der Waals surface area contributed by atoms with E-state index in [1.165, 1.54) is 10.8 Å². The van der Waals surface area contributed by atoms with Crippen LogP contribution in [0.3, 0.4) is 0 Å². The molecule has 0 spiro atoms. The summed E-state index contributed by atoms with van der Waals surface area (Å²) in [7, 11) is 0. The molecule has 10 aromatic rings. The Kier molecular flexibility index (Phi) is 5.81. The van der Waals surface area contributed by atoms with Crippen LogP contribution < -0.4 is 0 Å². The van der Waals surface area contributed by atoms with E-state index < -0.39 is 0 Å². The van der Waals surface area contributed by atoms with E-state index in [-0.39, 0.29) is 0 Å². The Morgan fingerprint density at radius 3 is 1.69 bits per heavy atom. The van der Waals surface area contributed by atoms with Gasteiger partial charge in [0.25, 0.3) is 0 Å². The Balaban J connectivity index is 1.24. The lowest BCUT2D eigenvalue weighted by molar-refractivity contribution is 0.669. The fourth-order valence-corrected chi connectivity index (χ4v) is 7.05. The van der Waals surface area contributed by atoms with Gasteiger partial charge in [-0.05, 0) is 35.7 Å². The number of rotatable bonds is 4. The van der Waals surface area contributed by atoms with Crippen molar-refractivity contribution >= 4 is 54.5 Å². The fraction of sp³-hybridized carbons (Fsp3) is 0. The first-order chi connectivity index (χ1) is 23.8. The van der Waals surface area contributed by atoms with Gasteiger partial charge in [-0.2, -0.15) is 0 Å². The number of para-hydroxylation sites is 2. The molecule has 0 bridgehead atoms. The van der Waals surface area contributed by atoms with E-state index in [2.05, 4.69) is 89.5 Å². The van der Waals surface area contributed by atoms with Gasteiger partial charge in [0.2, 0.25) is 0 Å². The lowest BCUT2D eigenvalue weighted by Crippen LogP contribution is -2.01. The molecule has 5 heteroatoms. The minimum atomic E-state index is 0.636. The summed E-state index contributed by atoms with van der Waals surface area (Å²) in [5.74, 6) is 1.92. The van der Waals surface area contributed by atoms with Gasteiger partial charge >= 0.3 is 0 Å². The van der Waals surface area contributed by atoms with Gasteiger partial charge in [0.15, 0.2) is 17.5 Å². The molecule has 0 aliphatic rings. The topological polar surface area (TPSA) is 56.7 Å². The highest BCUT2D eigenvalue weighted by Crippen LogP contribution is 2.41. The molecule has 224 valence electrons. The van der Waals surface area contributed by atoms with E-state index >= 15 is 0 Å². The number of nitrogens with zero attached hydrogens (tertiary/aromatic N) is 4. The zero-order valence-electron chi connectivity index (χ0n) is 25.7. The molecule has 0 fully saturated rings.